The van der Waals surface area contributed by atoms with Gasteiger partial charge < -0.3 is 16.0 Å². The molecule has 12 heteroatoms. The summed E-state index contributed by atoms with van der Waals surface area (Å²) in [6.45, 7) is 4.29. The summed E-state index contributed by atoms with van der Waals surface area (Å²) in [4.78, 5) is 23.4. The number of nitrogens with zero attached hydrogens (tertiary/aromatic N) is 3. The molecular formula is C25H28N6O4S2. The van der Waals surface area contributed by atoms with E-state index in [1.807, 2.05) is 59.5 Å². The van der Waals surface area contributed by atoms with Gasteiger partial charge in [-0.15, -0.1) is 0 Å². The number of anilines is 4. The molecule has 0 atom stereocenters. The molecule has 0 bridgehead atoms. The first kappa shape index (κ1) is 25.5. The van der Waals surface area contributed by atoms with Crippen LogP contribution in [0.3, 0.4) is 0 Å². The number of carbonyl (C=O) groups excluding carboxylic acids is 1. The largest absolute Gasteiger partial charge is 0.338 e. The first-order valence-corrected chi connectivity index (χ1v) is 14.3. The maximum Gasteiger partial charge on any atom is 0.323 e. The van der Waals surface area contributed by atoms with Gasteiger partial charge in [-0.05, 0) is 48.0 Å². The normalized spacial score (nSPS) is 15.8. The summed E-state index contributed by atoms with van der Waals surface area (Å²) in [5.74, 6) is 0.574. The van der Waals surface area contributed by atoms with Gasteiger partial charge in [0.2, 0.25) is 0 Å². The zero-order valence-electron chi connectivity index (χ0n) is 20.1. The van der Waals surface area contributed by atoms with Crippen LogP contribution in [-0.4, -0.2) is 72.3 Å². The molecular weight excluding hydrogens is 512 g/mol. The summed E-state index contributed by atoms with van der Waals surface area (Å²) in [5, 5.41) is 9.07. The van der Waals surface area contributed by atoms with Gasteiger partial charge in [0, 0.05) is 61.7 Å². The number of carbonyl (C=O) groups is 1. The first-order chi connectivity index (χ1) is 17.8. The number of rotatable bonds is 7. The van der Waals surface area contributed by atoms with E-state index in [2.05, 4.69) is 25.8 Å². The molecule has 4 N–H and O–H groups in total. The second kappa shape index (κ2) is 11.1. The number of urea groups is 1. The van der Waals surface area contributed by atoms with Gasteiger partial charge in [0.15, 0.2) is 0 Å². The maximum absolute atomic E-state index is 12.6. The summed E-state index contributed by atoms with van der Waals surface area (Å²) in [5.41, 5.74) is 3.40. The average molecular weight is 541 g/mol. The predicted molar refractivity (Wildman–Crippen MR) is 145 cm³/mol. The van der Waals surface area contributed by atoms with Crippen LogP contribution in [0.15, 0.2) is 70.6 Å². The zero-order chi connectivity index (χ0) is 25.8. The zero-order valence-corrected chi connectivity index (χ0v) is 21.7. The molecule has 0 radical (unpaired) electrons. The number of piperazine rings is 1. The highest BCUT2D eigenvalue weighted by Gasteiger charge is 2.19. The molecule has 37 heavy (non-hydrogen) atoms. The van der Waals surface area contributed by atoms with Gasteiger partial charge in [0.25, 0.3) is 10.1 Å². The van der Waals surface area contributed by atoms with Crippen molar-refractivity contribution >= 4 is 50.8 Å². The third kappa shape index (κ3) is 6.99. The summed E-state index contributed by atoms with van der Waals surface area (Å²) in [7, 11) is -3.93. The Balaban J connectivity index is 1.09. The Bertz CT molecular complexity index is 1380. The standard InChI is InChI=1S/C25H28N6O4S2/c32-25(28-20-7-8-22-21(16-20)29-24-23(36-22)2-1-9-26-24)27-19-5-3-18(4-6-19)17-31-12-10-30(11-13-31)14-15-37(33,34)35/h1-9,16H,10-15,17H2,(H,26,29)(H2,27,28,32)(H,33,34,35). The van der Waals surface area contributed by atoms with E-state index in [-0.39, 0.29) is 11.8 Å². The highest BCUT2D eigenvalue weighted by Crippen LogP contribution is 2.43. The van der Waals surface area contributed by atoms with E-state index in [1.165, 1.54) is 0 Å². The molecule has 0 spiro atoms. The molecule has 1 saturated heterocycles. The van der Waals surface area contributed by atoms with Gasteiger partial charge in [-0.2, -0.15) is 8.42 Å². The fraction of sp³-hybridized carbons (Fsp3) is 0.280. The number of nitrogens with one attached hydrogen (secondary N) is 3. The molecule has 2 aromatic carbocycles. The predicted octanol–water partition coefficient (Wildman–Crippen LogP) is 3.94. The first-order valence-electron chi connectivity index (χ1n) is 11.9. The van der Waals surface area contributed by atoms with Crippen molar-refractivity contribution in [3.63, 3.8) is 0 Å². The van der Waals surface area contributed by atoms with Crippen molar-refractivity contribution in [1.82, 2.24) is 14.8 Å². The fourth-order valence-corrected chi connectivity index (χ4v) is 5.70. The monoisotopic (exact) mass is 540 g/mol. The van der Waals surface area contributed by atoms with E-state index in [4.69, 9.17) is 4.55 Å². The van der Waals surface area contributed by atoms with Crippen molar-refractivity contribution in [2.24, 2.45) is 0 Å². The second-order valence-corrected chi connectivity index (χ2v) is 11.6. The van der Waals surface area contributed by atoms with Gasteiger partial charge in [-0.1, -0.05) is 23.9 Å². The molecule has 3 heterocycles. The van der Waals surface area contributed by atoms with Crippen LogP contribution in [0.2, 0.25) is 0 Å². The summed E-state index contributed by atoms with van der Waals surface area (Å²) >= 11 is 1.64. The Morgan fingerprint density at radius 1 is 0.973 bits per heavy atom. The highest BCUT2D eigenvalue weighted by atomic mass is 32.2. The minimum Gasteiger partial charge on any atom is -0.338 e. The molecule has 2 aliphatic heterocycles. The lowest BCUT2D eigenvalue weighted by Gasteiger charge is -2.34. The van der Waals surface area contributed by atoms with E-state index < -0.39 is 10.1 Å². The quantitative estimate of drug-likeness (QED) is 0.258. The summed E-state index contributed by atoms with van der Waals surface area (Å²) in [6.07, 6.45) is 1.75. The topological polar surface area (TPSA) is 127 Å². The molecule has 3 aromatic rings. The third-order valence-electron chi connectivity index (χ3n) is 6.23. The van der Waals surface area contributed by atoms with Gasteiger partial charge in [-0.25, -0.2) is 9.78 Å². The Kier molecular flexibility index (Phi) is 7.63. The Morgan fingerprint density at radius 2 is 1.68 bits per heavy atom. The van der Waals surface area contributed by atoms with Crippen molar-refractivity contribution in [3.05, 3.63) is 66.4 Å². The number of fused-ring (bicyclic) bond motifs is 2. The molecule has 0 unspecified atom stereocenters. The number of hydrogen-bond donors (Lipinski definition) is 4. The lowest BCUT2D eigenvalue weighted by molar-refractivity contribution is 0.132. The summed E-state index contributed by atoms with van der Waals surface area (Å²) in [6, 6.07) is 17.1. The van der Waals surface area contributed by atoms with Crippen LogP contribution in [-0.2, 0) is 16.7 Å². The minimum absolute atomic E-state index is 0.233. The van der Waals surface area contributed by atoms with Gasteiger partial charge in [0.1, 0.15) is 5.82 Å². The average Bonchev–Trinajstić information content (AvgIpc) is 2.88. The van der Waals surface area contributed by atoms with Crippen LogP contribution in [0, 0.1) is 0 Å². The van der Waals surface area contributed by atoms with Crippen molar-refractivity contribution in [1.29, 1.82) is 0 Å². The van der Waals surface area contributed by atoms with E-state index >= 15 is 0 Å². The van der Waals surface area contributed by atoms with E-state index in [0.717, 1.165) is 59.6 Å². The minimum atomic E-state index is -3.93. The SMILES string of the molecule is O=C(Nc1ccc(CN2CCN(CCS(=O)(=O)O)CC2)cc1)Nc1ccc2c(c1)Nc1ncccc1S2. The van der Waals surface area contributed by atoms with Crippen LogP contribution < -0.4 is 16.0 Å². The molecule has 2 amide bonds. The Hall–Kier alpha value is -3.16. The third-order valence-corrected chi connectivity index (χ3v) is 8.05. The smallest absolute Gasteiger partial charge is 0.323 e. The fourth-order valence-electron chi connectivity index (χ4n) is 4.27. The lowest BCUT2D eigenvalue weighted by Crippen LogP contribution is -2.47. The van der Waals surface area contributed by atoms with E-state index in [9.17, 15) is 13.2 Å². The highest BCUT2D eigenvalue weighted by molar-refractivity contribution is 7.99. The van der Waals surface area contributed by atoms with Crippen LogP contribution in [0.1, 0.15) is 5.56 Å². The number of benzene rings is 2. The number of aromatic nitrogens is 1. The number of amides is 2. The molecule has 1 aromatic heterocycles. The van der Waals surface area contributed by atoms with Crippen molar-refractivity contribution in [2.45, 2.75) is 16.3 Å². The molecule has 1 fully saturated rings. The van der Waals surface area contributed by atoms with E-state index in [1.54, 1.807) is 18.0 Å². The Morgan fingerprint density at radius 3 is 2.43 bits per heavy atom. The van der Waals surface area contributed by atoms with Crippen LogP contribution >= 0.6 is 11.8 Å². The molecule has 0 saturated carbocycles. The van der Waals surface area contributed by atoms with Crippen molar-refractivity contribution in [3.8, 4) is 0 Å². The van der Waals surface area contributed by atoms with Crippen LogP contribution in [0.25, 0.3) is 0 Å². The second-order valence-electron chi connectivity index (χ2n) is 8.97. The number of hydrogen-bond acceptors (Lipinski definition) is 8. The van der Waals surface area contributed by atoms with Crippen molar-refractivity contribution < 1.29 is 17.8 Å². The van der Waals surface area contributed by atoms with Crippen molar-refractivity contribution in [2.75, 3.05) is 54.4 Å². The molecule has 5 rings (SSSR count). The molecule has 194 valence electrons. The Labute approximate surface area is 220 Å². The summed E-state index contributed by atoms with van der Waals surface area (Å²) < 4.78 is 30.8. The van der Waals surface area contributed by atoms with Gasteiger partial charge in [0.05, 0.1) is 16.3 Å². The maximum atomic E-state index is 12.6. The number of pyridine rings is 1. The van der Waals surface area contributed by atoms with E-state index in [0.29, 0.717) is 17.9 Å². The molecule has 2 aliphatic rings. The van der Waals surface area contributed by atoms with Crippen LogP contribution in [0.4, 0.5) is 27.7 Å². The van der Waals surface area contributed by atoms with Crippen LogP contribution in [0.5, 0.6) is 0 Å². The molecule has 0 aliphatic carbocycles. The lowest BCUT2D eigenvalue weighted by atomic mass is 10.2. The van der Waals surface area contributed by atoms with Gasteiger partial charge >= 0.3 is 6.03 Å². The molecule has 10 nitrogen and oxygen atoms in total. The van der Waals surface area contributed by atoms with Gasteiger partial charge in [-0.3, -0.25) is 14.4 Å².